The van der Waals surface area contributed by atoms with Crippen molar-refractivity contribution in [1.29, 1.82) is 0 Å². The van der Waals surface area contributed by atoms with Crippen LogP contribution in [0.25, 0.3) is 0 Å². The lowest BCUT2D eigenvalue weighted by Crippen LogP contribution is -2.32. The molecular weight excluding hydrogens is 212 g/mol. The molecule has 1 aromatic rings. The van der Waals surface area contributed by atoms with Gasteiger partial charge in [-0.1, -0.05) is 0 Å². The predicted molar refractivity (Wildman–Crippen MR) is 67.8 cm³/mol. The molecule has 0 aliphatic carbocycles. The zero-order chi connectivity index (χ0) is 12.1. The molecule has 0 N–H and O–H groups in total. The van der Waals surface area contributed by atoms with Crippen LogP contribution in [0, 0.1) is 0 Å². The molecule has 0 amide bonds. The lowest BCUT2D eigenvalue weighted by Gasteiger charge is -2.23. The van der Waals surface area contributed by atoms with Crippen LogP contribution in [0.2, 0.25) is 0 Å². The summed E-state index contributed by atoms with van der Waals surface area (Å²) in [7, 11) is 0. The molecule has 1 atom stereocenters. The van der Waals surface area contributed by atoms with Crippen molar-refractivity contribution in [3.63, 3.8) is 0 Å². The molecule has 1 fully saturated rings. The summed E-state index contributed by atoms with van der Waals surface area (Å²) >= 11 is 0. The fourth-order valence-electron chi connectivity index (χ4n) is 2.57. The van der Waals surface area contributed by atoms with E-state index in [2.05, 4.69) is 22.0 Å². The Labute approximate surface area is 103 Å². The van der Waals surface area contributed by atoms with Crippen molar-refractivity contribution in [3.8, 4) is 0 Å². The largest absolute Gasteiger partial charge is 0.300 e. The lowest BCUT2D eigenvalue weighted by atomic mass is 10.1. The second kappa shape index (κ2) is 5.92. The molecular formula is C14H20N2O. The molecule has 1 aliphatic rings. The first-order valence-corrected chi connectivity index (χ1v) is 6.38. The van der Waals surface area contributed by atoms with Crippen LogP contribution in [0.4, 0.5) is 0 Å². The van der Waals surface area contributed by atoms with Crippen LogP contribution in [0.3, 0.4) is 0 Å². The van der Waals surface area contributed by atoms with E-state index in [1.807, 2.05) is 12.4 Å². The average Bonchev–Trinajstić information content (AvgIpc) is 2.74. The first kappa shape index (κ1) is 12.2. The van der Waals surface area contributed by atoms with Gasteiger partial charge in [-0.2, -0.15) is 0 Å². The van der Waals surface area contributed by atoms with Gasteiger partial charge < -0.3 is 0 Å². The molecule has 1 unspecified atom stereocenters. The molecule has 92 valence electrons. The van der Waals surface area contributed by atoms with E-state index in [1.54, 1.807) is 6.92 Å². The highest BCUT2D eigenvalue weighted by Crippen LogP contribution is 2.20. The van der Waals surface area contributed by atoms with E-state index >= 15 is 0 Å². The zero-order valence-electron chi connectivity index (χ0n) is 10.4. The van der Waals surface area contributed by atoms with E-state index in [-0.39, 0.29) is 0 Å². The van der Waals surface area contributed by atoms with Gasteiger partial charge in [0.25, 0.3) is 0 Å². The summed E-state index contributed by atoms with van der Waals surface area (Å²) in [5, 5.41) is 0. The Kier molecular flexibility index (Phi) is 4.26. The van der Waals surface area contributed by atoms with Gasteiger partial charge in [0.2, 0.25) is 0 Å². The molecule has 0 spiro atoms. The summed E-state index contributed by atoms with van der Waals surface area (Å²) in [4.78, 5) is 17.7. The van der Waals surface area contributed by atoms with Crippen LogP contribution in [0.15, 0.2) is 24.5 Å². The summed E-state index contributed by atoms with van der Waals surface area (Å²) in [5.41, 5.74) is 1.33. The molecule has 0 radical (unpaired) electrons. The van der Waals surface area contributed by atoms with Crippen molar-refractivity contribution < 1.29 is 4.79 Å². The third kappa shape index (κ3) is 3.63. The van der Waals surface area contributed by atoms with Gasteiger partial charge in [0.1, 0.15) is 5.78 Å². The van der Waals surface area contributed by atoms with Gasteiger partial charge in [0.15, 0.2) is 0 Å². The summed E-state index contributed by atoms with van der Waals surface area (Å²) in [6.45, 7) is 3.89. The monoisotopic (exact) mass is 232 g/mol. The van der Waals surface area contributed by atoms with Crippen LogP contribution in [0.5, 0.6) is 0 Å². The van der Waals surface area contributed by atoms with Crippen molar-refractivity contribution in [2.75, 3.05) is 13.1 Å². The Morgan fingerprint density at radius 3 is 2.94 bits per heavy atom. The summed E-state index contributed by atoms with van der Waals surface area (Å²) in [5.74, 6) is 0.311. The molecule has 3 nitrogen and oxygen atoms in total. The molecule has 1 saturated heterocycles. The number of rotatable bonds is 5. The highest BCUT2D eigenvalue weighted by Gasteiger charge is 2.24. The molecule has 0 saturated carbocycles. The van der Waals surface area contributed by atoms with Crippen LogP contribution in [-0.2, 0) is 11.2 Å². The molecule has 2 heterocycles. The van der Waals surface area contributed by atoms with Gasteiger partial charge in [0.05, 0.1) is 0 Å². The van der Waals surface area contributed by atoms with Gasteiger partial charge in [-0.05, 0) is 50.4 Å². The summed E-state index contributed by atoms with van der Waals surface area (Å²) < 4.78 is 0. The van der Waals surface area contributed by atoms with Crippen molar-refractivity contribution in [2.45, 2.75) is 38.6 Å². The summed E-state index contributed by atoms with van der Waals surface area (Å²) in [6, 6.07) is 4.61. The number of carbonyl (C=O) groups is 1. The molecule has 2 rings (SSSR count). The van der Waals surface area contributed by atoms with Crippen LogP contribution < -0.4 is 0 Å². The number of Topliss-reactive ketones (excluding diaryl/α,β-unsaturated/α-hetero) is 1. The quantitative estimate of drug-likeness (QED) is 0.779. The maximum atomic E-state index is 11.2. The number of hydrogen-bond acceptors (Lipinski definition) is 3. The topological polar surface area (TPSA) is 33.2 Å². The third-order valence-corrected chi connectivity index (χ3v) is 3.46. The van der Waals surface area contributed by atoms with Crippen LogP contribution in [0.1, 0.15) is 31.7 Å². The Bertz CT molecular complexity index is 364. The molecule has 0 bridgehead atoms. The minimum atomic E-state index is 0.311. The summed E-state index contributed by atoms with van der Waals surface area (Å²) in [6.07, 6.45) is 7.86. The van der Waals surface area contributed by atoms with Gasteiger partial charge in [-0.25, -0.2) is 0 Å². The highest BCUT2D eigenvalue weighted by molar-refractivity contribution is 5.76. The van der Waals surface area contributed by atoms with E-state index in [1.165, 1.54) is 18.4 Å². The SMILES string of the molecule is CC(=O)CC1CCCN1CCc1ccncc1. The Balaban J connectivity index is 1.84. The van der Waals surface area contributed by atoms with Gasteiger partial charge >= 0.3 is 0 Å². The number of nitrogens with zero attached hydrogens (tertiary/aromatic N) is 2. The fraction of sp³-hybridized carbons (Fsp3) is 0.571. The van der Waals surface area contributed by atoms with Gasteiger partial charge in [-0.3, -0.25) is 14.7 Å². The van der Waals surface area contributed by atoms with E-state index in [0.29, 0.717) is 11.8 Å². The molecule has 3 heteroatoms. The Morgan fingerprint density at radius 1 is 1.47 bits per heavy atom. The van der Waals surface area contributed by atoms with Crippen LogP contribution in [-0.4, -0.2) is 34.8 Å². The maximum Gasteiger partial charge on any atom is 0.131 e. The Morgan fingerprint density at radius 2 is 2.24 bits per heavy atom. The number of aromatic nitrogens is 1. The number of carbonyl (C=O) groups excluding carboxylic acids is 1. The lowest BCUT2D eigenvalue weighted by molar-refractivity contribution is -0.118. The number of pyridine rings is 1. The number of ketones is 1. The molecule has 1 aromatic heterocycles. The van der Waals surface area contributed by atoms with E-state index in [4.69, 9.17) is 0 Å². The zero-order valence-corrected chi connectivity index (χ0v) is 10.4. The number of hydrogen-bond donors (Lipinski definition) is 0. The third-order valence-electron chi connectivity index (χ3n) is 3.46. The van der Waals surface area contributed by atoms with Crippen LogP contribution >= 0.6 is 0 Å². The van der Waals surface area contributed by atoms with Crippen molar-refractivity contribution in [3.05, 3.63) is 30.1 Å². The molecule has 17 heavy (non-hydrogen) atoms. The van der Waals surface area contributed by atoms with Crippen molar-refractivity contribution in [2.24, 2.45) is 0 Å². The first-order valence-electron chi connectivity index (χ1n) is 6.38. The average molecular weight is 232 g/mol. The fourth-order valence-corrected chi connectivity index (χ4v) is 2.57. The minimum absolute atomic E-state index is 0.311. The normalized spacial score (nSPS) is 20.6. The standard InChI is InChI=1S/C14H20N2O/c1-12(17)11-14-3-2-9-16(14)10-6-13-4-7-15-8-5-13/h4-5,7-8,14H,2-3,6,9-11H2,1H3. The minimum Gasteiger partial charge on any atom is -0.300 e. The smallest absolute Gasteiger partial charge is 0.131 e. The van der Waals surface area contributed by atoms with E-state index in [0.717, 1.165) is 25.9 Å². The molecule has 1 aliphatic heterocycles. The first-order chi connectivity index (χ1) is 8.25. The second-order valence-electron chi connectivity index (χ2n) is 4.84. The van der Waals surface area contributed by atoms with Crippen molar-refractivity contribution >= 4 is 5.78 Å². The molecule has 0 aromatic carbocycles. The van der Waals surface area contributed by atoms with Gasteiger partial charge in [-0.15, -0.1) is 0 Å². The van der Waals surface area contributed by atoms with E-state index in [9.17, 15) is 4.79 Å². The number of likely N-dealkylation sites (tertiary alicyclic amines) is 1. The Hall–Kier alpha value is -1.22. The van der Waals surface area contributed by atoms with E-state index < -0.39 is 0 Å². The maximum absolute atomic E-state index is 11.2. The predicted octanol–water partition coefficient (Wildman–Crippen LogP) is 2.07. The highest BCUT2D eigenvalue weighted by atomic mass is 16.1. The second-order valence-corrected chi connectivity index (χ2v) is 4.84. The van der Waals surface area contributed by atoms with Crippen molar-refractivity contribution in [1.82, 2.24) is 9.88 Å². The van der Waals surface area contributed by atoms with Gasteiger partial charge in [0, 0.05) is 31.4 Å².